The first-order valence-corrected chi connectivity index (χ1v) is 6.33. The van der Waals surface area contributed by atoms with E-state index in [1.54, 1.807) is 0 Å². The summed E-state index contributed by atoms with van der Waals surface area (Å²) in [7, 11) is -3.41. The van der Waals surface area contributed by atoms with Crippen LogP contribution in [-0.4, -0.2) is 32.7 Å². The van der Waals surface area contributed by atoms with E-state index in [0.717, 1.165) is 6.42 Å². The zero-order valence-electron chi connectivity index (χ0n) is 8.83. The molecule has 0 aromatic heterocycles. The van der Waals surface area contributed by atoms with E-state index in [-0.39, 0.29) is 18.3 Å². The normalized spacial score (nSPS) is 13.6. The standard InChI is InChI=1S/C8H18N2O3S/c1-4-7(3)9-6-8(11)10-14(12,13)5-2/h7,9H,4-6H2,1-3H3,(H,10,11). The summed E-state index contributed by atoms with van der Waals surface area (Å²) in [5, 5.41) is 2.90. The number of rotatable bonds is 6. The lowest BCUT2D eigenvalue weighted by Gasteiger charge is -2.10. The second-order valence-electron chi connectivity index (χ2n) is 3.12. The summed E-state index contributed by atoms with van der Waals surface area (Å²) >= 11 is 0. The molecular formula is C8H18N2O3S. The summed E-state index contributed by atoms with van der Waals surface area (Å²) in [6.45, 7) is 5.44. The first-order valence-electron chi connectivity index (χ1n) is 4.68. The third-order valence-electron chi connectivity index (χ3n) is 1.87. The predicted molar refractivity (Wildman–Crippen MR) is 55.4 cm³/mol. The molecule has 0 aromatic rings. The fourth-order valence-corrected chi connectivity index (χ4v) is 1.26. The van der Waals surface area contributed by atoms with Crippen molar-refractivity contribution in [2.75, 3.05) is 12.3 Å². The number of nitrogens with one attached hydrogen (secondary N) is 2. The monoisotopic (exact) mass is 222 g/mol. The van der Waals surface area contributed by atoms with Crippen molar-refractivity contribution < 1.29 is 13.2 Å². The van der Waals surface area contributed by atoms with Crippen molar-refractivity contribution in [1.82, 2.24) is 10.0 Å². The van der Waals surface area contributed by atoms with Crippen LogP contribution in [0.5, 0.6) is 0 Å². The van der Waals surface area contributed by atoms with Crippen LogP contribution in [-0.2, 0) is 14.8 Å². The van der Waals surface area contributed by atoms with Gasteiger partial charge in [0.05, 0.1) is 12.3 Å². The molecule has 0 saturated carbocycles. The Bertz CT molecular complexity index is 274. The summed E-state index contributed by atoms with van der Waals surface area (Å²) in [5.41, 5.74) is 0. The van der Waals surface area contributed by atoms with Gasteiger partial charge in [-0.1, -0.05) is 6.92 Å². The largest absolute Gasteiger partial charge is 0.306 e. The van der Waals surface area contributed by atoms with Crippen LogP contribution in [0.3, 0.4) is 0 Å². The van der Waals surface area contributed by atoms with Crippen LogP contribution in [0.4, 0.5) is 0 Å². The van der Waals surface area contributed by atoms with Crippen LogP contribution in [0.25, 0.3) is 0 Å². The van der Waals surface area contributed by atoms with Crippen LogP contribution in [0.1, 0.15) is 27.2 Å². The Labute approximate surface area is 85.3 Å². The smallest absolute Gasteiger partial charge is 0.247 e. The number of carbonyl (C=O) groups excluding carboxylic acids is 1. The molecule has 0 rings (SSSR count). The van der Waals surface area contributed by atoms with E-state index < -0.39 is 15.9 Å². The van der Waals surface area contributed by atoms with Gasteiger partial charge in [-0.05, 0) is 20.3 Å². The SMILES string of the molecule is CCC(C)NCC(=O)NS(=O)(=O)CC. The number of carbonyl (C=O) groups is 1. The van der Waals surface area contributed by atoms with Crippen molar-refractivity contribution in [3.8, 4) is 0 Å². The molecule has 0 radical (unpaired) electrons. The Morgan fingerprint density at radius 1 is 1.36 bits per heavy atom. The summed E-state index contributed by atoms with van der Waals surface area (Å²) in [6.07, 6.45) is 0.897. The molecule has 0 fully saturated rings. The van der Waals surface area contributed by atoms with Crippen LogP contribution < -0.4 is 10.0 Å². The average molecular weight is 222 g/mol. The maximum Gasteiger partial charge on any atom is 0.247 e. The van der Waals surface area contributed by atoms with Crippen molar-refractivity contribution in [3.05, 3.63) is 0 Å². The van der Waals surface area contributed by atoms with Crippen molar-refractivity contribution >= 4 is 15.9 Å². The zero-order valence-corrected chi connectivity index (χ0v) is 9.65. The van der Waals surface area contributed by atoms with Gasteiger partial charge in [-0.3, -0.25) is 9.52 Å². The molecule has 14 heavy (non-hydrogen) atoms. The minimum atomic E-state index is -3.41. The fraction of sp³-hybridized carbons (Fsp3) is 0.875. The minimum Gasteiger partial charge on any atom is -0.306 e. The highest BCUT2D eigenvalue weighted by Crippen LogP contribution is 1.87. The fourth-order valence-electron chi connectivity index (χ4n) is 0.693. The summed E-state index contributed by atoms with van der Waals surface area (Å²) < 4.78 is 23.9. The van der Waals surface area contributed by atoms with Crippen molar-refractivity contribution in [1.29, 1.82) is 0 Å². The molecule has 2 N–H and O–H groups in total. The molecule has 84 valence electrons. The van der Waals surface area contributed by atoms with Gasteiger partial charge in [0, 0.05) is 6.04 Å². The summed E-state index contributed by atoms with van der Waals surface area (Å²) in [4.78, 5) is 11.1. The second kappa shape index (κ2) is 5.98. The molecule has 1 amide bonds. The Morgan fingerprint density at radius 3 is 2.36 bits per heavy atom. The quantitative estimate of drug-likeness (QED) is 0.655. The van der Waals surface area contributed by atoms with Gasteiger partial charge in [-0.25, -0.2) is 8.42 Å². The average Bonchev–Trinajstić information content (AvgIpc) is 2.13. The van der Waals surface area contributed by atoms with E-state index in [2.05, 4.69) is 5.32 Å². The van der Waals surface area contributed by atoms with E-state index in [9.17, 15) is 13.2 Å². The third-order valence-corrected chi connectivity index (χ3v) is 3.17. The van der Waals surface area contributed by atoms with Gasteiger partial charge in [-0.15, -0.1) is 0 Å². The molecule has 6 heteroatoms. The van der Waals surface area contributed by atoms with E-state index in [4.69, 9.17) is 0 Å². The predicted octanol–water partition coefficient (Wildman–Crippen LogP) is -0.160. The summed E-state index contributed by atoms with van der Waals surface area (Å²) in [5.74, 6) is -0.589. The van der Waals surface area contributed by atoms with E-state index in [1.807, 2.05) is 18.6 Å². The molecule has 5 nitrogen and oxygen atoms in total. The van der Waals surface area contributed by atoms with Gasteiger partial charge in [0.2, 0.25) is 15.9 Å². The molecule has 0 aliphatic carbocycles. The highest BCUT2D eigenvalue weighted by molar-refractivity contribution is 7.90. The molecule has 1 atom stereocenters. The first-order chi connectivity index (χ1) is 6.41. The lowest BCUT2D eigenvalue weighted by atomic mass is 10.3. The second-order valence-corrected chi connectivity index (χ2v) is 5.13. The van der Waals surface area contributed by atoms with Crippen molar-refractivity contribution in [3.63, 3.8) is 0 Å². The minimum absolute atomic E-state index is 0.0359. The lowest BCUT2D eigenvalue weighted by molar-refractivity contribution is -0.118. The first kappa shape index (κ1) is 13.4. The van der Waals surface area contributed by atoms with Gasteiger partial charge in [0.25, 0.3) is 0 Å². The highest BCUT2D eigenvalue weighted by Gasteiger charge is 2.11. The van der Waals surface area contributed by atoms with Gasteiger partial charge >= 0.3 is 0 Å². The Kier molecular flexibility index (Phi) is 5.71. The lowest BCUT2D eigenvalue weighted by Crippen LogP contribution is -2.40. The van der Waals surface area contributed by atoms with Crippen molar-refractivity contribution in [2.24, 2.45) is 0 Å². The van der Waals surface area contributed by atoms with Gasteiger partial charge in [0.1, 0.15) is 0 Å². The van der Waals surface area contributed by atoms with Crippen molar-refractivity contribution in [2.45, 2.75) is 33.2 Å². The molecule has 0 heterocycles. The third kappa shape index (κ3) is 5.93. The maximum absolute atomic E-state index is 11.1. The number of amides is 1. The Hall–Kier alpha value is -0.620. The molecule has 0 spiro atoms. The Morgan fingerprint density at radius 2 is 1.93 bits per heavy atom. The van der Waals surface area contributed by atoms with E-state index in [1.165, 1.54) is 6.92 Å². The molecular weight excluding hydrogens is 204 g/mol. The summed E-state index contributed by atoms with van der Waals surface area (Å²) in [6, 6.07) is 0.213. The van der Waals surface area contributed by atoms with E-state index in [0.29, 0.717) is 0 Å². The zero-order chi connectivity index (χ0) is 11.2. The molecule has 0 aliphatic rings. The van der Waals surface area contributed by atoms with Crippen LogP contribution in [0, 0.1) is 0 Å². The molecule has 1 unspecified atom stereocenters. The van der Waals surface area contributed by atoms with Gasteiger partial charge in [-0.2, -0.15) is 0 Å². The van der Waals surface area contributed by atoms with Gasteiger partial charge in [0.15, 0.2) is 0 Å². The molecule has 0 aliphatic heterocycles. The van der Waals surface area contributed by atoms with Crippen LogP contribution in [0.15, 0.2) is 0 Å². The Balaban J connectivity index is 3.89. The molecule has 0 bridgehead atoms. The van der Waals surface area contributed by atoms with Crippen LogP contribution in [0.2, 0.25) is 0 Å². The topological polar surface area (TPSA) is 75.3 Å². The van der Waals surface area contributed by atoms with Crippen LogP contribution >= 0.6 is 0 Å². The van der Waals surface area contributed by atoms with E-state index >= 15 is 0 Å². The molecule has 0 saturated heterocycles. The number of hydrogen-bond acceptors (Lipinski definition) is 4. The maximum atomic E-state index is 11.1. The number of sulfonamides is 1. The highest BCUT2D eigenvalue weighted by atomic mass is 32.2. The number of hydrogen-bond donors (Lipinski definition) is 2. The molecule has 0 aromatic carbocycles. The van der Waals surface area contributed by atoms with Gasteiger partial charge < -0.3 is 5.32 Å².